The first kappa shape index (κ1) is 15.9. The minimum absolute atomic E-state index is 0. The smallest absolute Gasteiger partial charge is 0.287 e. The van der Waals surface area contributed by atoms with Gasteiger partial charge in [0.2, 0.25) is 0 Å². The van der Waals surface area contributed by atoms with Crippen LogP contribution in [0.5, 0.6) is 0 Å². The Morgan fingerprint density at radius 1 is 1.38 bits per heavy atom. The second-order valence-corrected chi connectivity index (χ2v) is 5.62. The molecule has 2 aromatic rings. The summed E-state index contributed by atoms with van der Waals surface area (Å²) < 4.78 is 5.63. The van der Waals surface area contributed by atoms with E-state index in [2.05, 4.69) is 17.6 Å². The molecule has 4 nitrogen and oxygen atoms in total. The van der Waals surface area contributed by atoms with Crippen molar-refractivity contribution >= 4 is 29.3 Å². The molecule has 3 rings (SSSR count). The molecule has 0 spiro atoms. The third-order valence-corrected chi connectivity index (χ3v) is 3.97. The highest BCUT2D eigenvalue weighted by Gasteiger charge is 2.24. The van der Waals surface area contributed by atoms with Crippen LogP contribution in [-0.2, 0) is 0 Å². The molecule has 1 amide bonds. The van der Waals surface area contributed by atoms with Crippen molar-refractivity contribution in [3.05, 3.63) is 35.6 Å². The van der Waals surface area contributed by atoms with Crippen molar-refractivity contribution in [3.63, 3.8) is 0 Å². The molecule has 1 aromatic heterocycles. The lowest BCUT2D eigenvalue weighted by Crippen LogP contribution is -2.51. The number of piperidine rings is 1. The van der Waals surface area contributed by atoms with Crippen LogP contribution in [0.25, 0.3) is 11.0 Å². The number of rotatable bonds is 2. The van der Waals surface area contributed by atoms with Gasteiger partial charge < -0.3 is 15.1 Å². The van der Waals surface area contributed by atoms with E-state index in [4.69, 9.17) is 4.42 Å². The van der Waals surface area contributed by atoms with Crippen molar-refractivity contribution in [2.24, 2.45) is 0 Å². The minimum Gasteiger partial charge on any atom is -0.451 e. The van der Waals surface area contributed by atoms with E-state index in [-0.39, 0.29) is 24.4 Å². The average Bonchev–Trinajstić information content (AvgIpc) is 2.84. The Kier molecular flexibility index (Phi) is 4.91. The lowest BCUT2D eigenvalue weighted by Gasteiger charge is -2.30. The molecule has 0 aliphatic carbocycles. The highest BCUT2D eigenvalue weighted by atomic mass is 35.5. The predicted octanol–water partition coefficient (Wildman–Crippen LogP) is 3.03. The summed E-state index contributed by atoms with van der Waals surface area (Å²) in [5, 5.41) is 7.42. The fourth-order valence-electron chi connectivity index (χ4n) is 2.76. The number of benzene rings is 1. The number of furan rings is 1. The summed E-state index contributed by atoms with van der Waals surface area (Å²) in [5.74, 6) is 0.266. The van der Waals surface area contributed by atoms with Gasteiger partial charge in [-0.25, -0.2) is 0 Å². The normalized spacial score (nSPS) is 21.8. The average molecular weight is 309 g/mol. The Morgan fingerprint density at radius 2 is 2.19 bits per heavy atom. The standard InChI is InChI=1S/C16H20N2O2.ClH/c1-10-5-6-14-12(8-10)9-15(20-14)16(19)18-13-4-3-7-17-11(13)2;/h5-6,8-9,11,13,17H,3-4,7H2,1-2H3,(H,18,19);1H. The molecule has 5 heteroatoms. The van der Waals surface area contributed by atoms with Gasteiger partial charge in [0.15, 0.2) is 5.76 Å². The first-order valence-corrected chi connectivity index (χ1v) is 7.18. The van der Waals surface area contributed by atoms with Crippen LogP contribution in [0.3, 0.4) is 0 Å². The highest BCUT2D eigenvalue weighted by molar-refractivity contribution is 5.96. The van der Waals surface area contributed by atoms with E-state index in [1.807, 2.05) is 31.2 Å². The molecule has 0 radical (unpaired) electrons. The summed E-state index contributed by atoms with van der Waals surface area (Å²) >= 11 is 0. The highest BCUT2D eigenvalue weighted by Crippen LogP contribution is 2.21. The van der Waals surface area contributed by atoms with Crippen LogP contribution in [-0.4, -0.2) is 24.5 Å². The molecular formula is C16H21ClN2O2. The number of halogens is 1. The number of amides is 1. The minimum atomic E-state index is -0.126. The third kappa shape index (κ3) is 3.39. The molecule has 21 heavy (non-hydrogen) atoms. The second kappa shape index (κ2) is 6.50. The fourth-order valence-corrected chi connectivity index (χ4v) is 2.76. The third-order valence-electron chi connectivity index (χ3n) is 3.97. The van der Waals surface area contributed by atoms with Gasteiger partial charge in [-0.15, -0.1) is 12.4 Å². The van der Waals surface area contributed by atoms with Crippen molar-refractivity contribution in [1.82, 2.24) is 10.6 Å². The first-order chi connectivity index (χ1) is 9.63. The van der Waals surface area contributed by atoms with Gasteiger partial charge in [-0.1, -0.05) is 11.6 Å². The molecule has 2 unspecified atom stereocenters. The maximum Gasteiger partial charge on any atom is 0.287 e. The first-order valence-electron chi connectivity index (χ1n) is 7.18. The number of carbonyl (C=O) groups excluding carboxylic acids is 1. The number of hydrogen-bond acceptors (Lipinski definition) is 3. The lowest BCUT2D eigenvalue weighted by atomic mass is 10.00. The molecule has 1 saturated heterocycles. The summed E-state index contributed by atoms with van der Waals surface area (Å²) in [5.41, 5.74) is 1.92. The maximum atomic E-state index is 12.3. The van der Waals surface area contributed by atoms with Gasteiger partial charge in [0.05, 0.1) is 0 Å². The topological polar surface area (TPSA) is 54.3 Å². The lowest BCUT2D eigenvalue weighted by molar-refractivity contribution is 0.0894. The Hall–Kier alpha value is -1.52. The second-order valence-electron chi connectivity index (χ2n) is 5.62. The molecule has 1 aromatic carbocycles. The zero-order chi connectivity index (χ0) is 14.1. The molecule has 114 valence electrons. The van der Waals surface area contributed by atoms with Crippen molar-refractivity contribution in [2.45, 2.75) is 38.8 Å². The van der Waals surface area contributed by atoms with Gasteiger partial charge in [-0.05, 0) is 51.4 Å². The summed E-state index contributed by atoms with van der Waals surface area (Å²) in [7, 11) is 0. The van der Waals surface area contributed by atoms with E-state index in [0.29, 0.717) is 11.8 Å². The molecule has 1 aliphatic heterocycles. The van der Waals surface area contributed by atoms with E-state index in [1.165, 1.54) is 0 Å². The largest absolute Gasteiger partial charge is 0.451 e. The zero-order valence-corrected chi connectivity index (χ0v) is 13.1. The van der Waals surface area contributed by atoms with E-state index >= 15 is 0 Å². The maximum absolute atomic E-state index is 12.3. The van der Waals surface area contributed by atoms with Crippen molar-refractivity contribution in [1.29, 1.82) is 0 Å². The molecule has 1 fully saturated rings. The number of aryl methyl sites for hydroxylation is 1. The van der Waals surface area contributed by atoms with Crippen LogP contribution in [0.1, 0.15) is 35.9 Å². The SMILES string of the molecule is Cc1ccc2oc(C(=O)NC3CCCNC3C)cc2c1.Cl. The number of carbonyl (C=O) groups is 1. The summed E-state index contributed by atoms with van der Waals surface area (Å²) in [6, 6.07) is 8.22. The number of fused-ring (bicyclic) bond motifs is 1. The van der Waals surface area contributed by atoms with Gasteiger partial charge in [0.25, 0.3) is 5.91 Å². The Labute approximate surface area is 130 Å². The molecule has 0 bridgehead atoms. The summed E-state index contributed by atoms with van der Waals surface area (Å²) in [6.07, 6.45) is 2.11. The molecular weight excluding hydrogens is 288 g/mol. The Morgan fingerprint density at radius 3 is 2.95 bits per heavy atom. The summed E-state index contributed by atoms with van der Waals surface area (Å²) in [6.45, 7) is 5.16. The van der Waals surface area contributed by atoms with E-state index in [9.17, 15) is 4.79 Å². The van der Waals surface area contributed by atoms with Crippen LogP contribution < -0.4 is 10.6 Å². The van der Waals surface area contributed by atoms with Gasteiger partial charge in [-0.3, -0.25) is 4.79 Å². The van der Waals surface area contributed by atoms with Gasteiger partial charge in [0.1, 0.15) is 5.58 Å². The van der Waals surface area contributed by atoms with Gasteiger partial charge in [-0.2, -0.15) is 0 Å². The number of nitrogens with one attached hydrogen (secondary N) is 2. The Bertz CT molecular complexity index is 638. The predicted molar refractivity (Wildman–Crippen MR) is 86.2 cm³/mol. The molecule has 0 saturated carbocycles. The Balaban J connectivity index is 0.00000161. The van der Waals surface area contributed by atoms with Crippen LogP contribution in [0, 0.1) is 6.92 Å². The molecule has 2 atom stereocenters. The van der Waals surface area contributed by atoms with Crippen LogP contribution in [0.2, 0.25) is 0 Å². The van der Waals surface area contributed by atoms with E-state index < -0.39 is 0 Å². The van der Waals surface area contributed by atoms with Crippen LogP contribution >= 0.6 is 12.4 Å². The van der Waals surface area contributed by atoms with Crippen molar-refractivity contribution in [3.8, 4) is 0 Å². The zero-order valence-electron chi connectivity index (χ0n) is 12.3. The van der Waals surface area contributed by atoms with Crippen molar-refractivity contribution in [2.75, 3.05) is 6.54 Å². The van der Waals surface area contributed by atoms with Crippen LogP contribution in [0.15, 0.2) is 28.7 Å². The van der Waals surface area contributed by atoms with Gasteiger partial charge in [0, 0.05) is 17.5 Å². The monoisotopic (exact) mass is 308 g/mol. The van der Waals surface area contributed by atoms with Gasteiger partial charge >= 0.3 is 0 Å². The molecule has 1 aliphatic rings. The quantitative estimate of drug-likeness (QED) is 0.896. The van der Waals surface area contributed by atoms with E-state index in [1.54, 1.807) is 0 Å². The van der Waals surface area contributed by atoms with Crippen LogP contribution in [0.4, 0.5) is 0 Å². The fraction of sp³-hybridized carbons (Fsp3) is 0.438. The van der Waals surface area contributed by atoms with E-state index in [0.717, 1.165) is 35.9 Å². The van der Waals surface area contributed by atoms with Crippen molar-refractivity contribution < 1.29 is 9.21 Å². The summed E-state index contributed by atoms with van der Waals surface area (Å²) in [4.78, 5) is 12.3. The molecule has 2 heterocycles. The molecule has 2 N–H and O–H groups in total. The number of hydrogen-bond donors (Lipinski definition) is 2.